The lowest BCUT2D eigenvalue weighted by atomic mass is 9.80. The van der Waals surface area contributed by atoms with Crippen molar-refractivity contribution in [3.05, 3.63) is 17.5 Å². The number of hydrogen-bond donors (Lipinski definition) is 1. The Labute approximate surface area is 164 Å². The second kappa shape index (κ2) is 9.22. The first-order valence-electron chi connectivity index (χ1n) is 11.1. The van der Waals surface area contributed by atoms with E-state index in [9.17, 15) is 4.79 Å². The number of piperidine rings is 1. The van der Waals surface area contributed by atoms with Crippen molar-refractivity contribution in [2.45, 2.75) is 96.6 Å². The van der Waals surface area contributed by atoms with Gasteiger partial charge in [-0.25, -0.2) is 0 Å². The maximum atomic E-state index is 13.4. The van der Waals surface area contributed by atoms with Crippen molar-refractivity contribution in [3.63, 3.8) is 0 Å². The standard InChI is InChI=1S/C22H38N4O/c1-4-11-20(26-19(3)16-18(2)24-26)21(27)23-22(12-7-5-8-13-22)17-25-14-9-6-10-15-25/h16,20H,4-15,17H2,1-3H3,(H,23,27). The quantitative estimate of drug-likeness (QED) is 0.780. The van der Waals surface area contributed by atoms with E-state index in [1.54, 1.807) is 0 Å². The normalized spacial score (nSPS) is 21.7. The Morgan fingerprint density at radius 3 is 2.41 bits per heavy atom. The number of rotatable bonds is 7. The van der Waals surface area contributed by atoms with Gasteiger partial charge in [-0.2, -0.15) is 5.10 Å². The Morgan fingerprint density at radius 1 is 1.15 bits per heavy atom. The van der Waals surface area contributed by atoms with E-state index in [-0.39, 0.29) is 17.5 Å². The number of amides is 1. The van der Waals surface area contributed by atoms with Gasteiger partial charge in [0.2, 0.25) is 5.91 Å². The second-order valence-electron chi connectivity index (χ2n) is 8.84. The summed E-state index contributed by atoms with van der Waals surface area (Å²) in [5, 5.41) is 8.19. The van der Waals surface area contributed by atoms with Gasteiger partial charge in [0, 0.05) is 12.2 Å². The van der Waals surface area contributed by atoms with Crippen molar-refractivity contribution in [3.8, 4) is 0 Å². The summed E-state index contributed by atoms with van der Waals surface area (Å²) in [5.41, 5.74) is 2.02. The summed E-state index contributed by atoms with van der Waals surface area (Å²) in [6, 6.07) is 1.88. The molecule has 1 unspecified atom stereocenters. The third-order valence-corrected chi connectivity index (χ3v) is 6.38. The van der Waals surface area contributed by atoms with Gasteiger partial charge >= 0.3 is 0 Å². The first-order valence-corrected chi connectivity index (χ1v) is 11.1. The molecule has 1 atom stereocenters. The zero-order valence-electron chi connectivity index (χ0n) is 17.6. The summed E-state index contributed by atoms with van der Waals surface area (Å²) >= 11 is 0. The van der Waals surface area contributed by atoms with Crippen LogP contribution in [0.4, 0.5) is 0 Å². The van der Waals surface area contributed by atoms with Crippen LogP contribution in [0.25, 0.3) is 0 Å². The van der Waals surface area contributed by atoms with Gasteiger partial charge in [0.25, 0.3) is 0 Å². The van der Waals surface area contributed by atoms with Gasteiger partial charge in [-0.15, -0.1) is 0 Å². The van der Waals surface area contributed by atoms with Crippen molar-refractivity contribution >= 4 is 5.91 Å². The monoisotopic (exact) mass is 374 g/mol. The van der Waals surface area contributed by atoms with Gasteiger partial charge in [0.15, 0.2) is 0 Å². The summed E-state index contributed by atoms with van der Waals surface area (Å²) in [5.74, 6) is 0.168. The molecule has 2 fully saturated rings. The molecule has 1 aliphatic carbocycles. The lowest BCUT2D eigenvalue weighted by Gasteiger charge is -2.43. The Balaban J connectivity index is 1.76. The van der Waals surface area contributed by atoms with Crippen molar-refractivity contribution in [2.24, 2.45) is 0 Å². The average Bonchev–Trinajstić information content (AvgIpc) is 2.99. The van der Waals surface area contributed by atoms with Crippen LogP contribution in [0.2, 0.25) is 0 Å². The molecule has 2 heterocycles. The number of hydrogen-bond acceptors (Lipinski definition) is 3. The molecule has 2 aliphatic rings. The van der Waals surface area contributed by atoms with Gasteiger partial charge in [0.05, 0.1) is 11.2 Å². The van der Waals surface area contributed by atoms with Crippen molar-refractivity contribution in [2.75, 3.05) is 19.6 Å². The minimum Gasteiger partial charge on any atom is -0.348 e. The number of carbonyl (C=O) groups excluding carboxylic acids is 1. The molecule has 1 N–H and O–H groups in total. The highest BCUT2D eigenvalue weighted by Gasteiger charge is 2.37. The Hall–Kier alpha value is -1.36. The maximum absolute atomic E-state index is 13.4. The van der Waals surface area contributed by atoms with Crippen LogP contribution in [0.5, 0.6) is 0 Å². The zero-order chi connectivity index (χ0) is 19.3. The van der Waals surface area contributed by atoms with Crippen molar-refractivity contribution in [1.29, 1.82) is 0 Å². The van der Waals surface area contributed by atoms with Gasteiger partial charge in [-0.1, -0.05) is 39.0 Å². The minimum atomic E-state index is -0.191. The van der Waals surface area contributed by atoms with E-state index < -0.39 is 0 Å². The highest BCUT2D eigenvalue weighted by molar-refractivity contribution is 5.81. The molecule has 5 heteroatoms. The third-order valence-electron chi connectivity index (χ3n) is 6.38. The fourth-order valence-corrected chi connectivity index (χ4v) is 5.04. The molecule has 27 heavy (non-hydrogen) atoms. The summed E-state index contributed by atoms with van der Waals surface area (Å²) in [6.45, 7) is 9.61. The summed E-state index contributed by atoms with van der Waals surface area (Å²) in [6.07, 6.45) is 11.8. The Kier molecular flexibility index (Phi) is 6.96. The fraction of sp³-hybridized carbons (Fsp3) is 0.818. The smallest absolute Gasteiger partial charge is 0.245 e. The van der Waals surface area contributed by atoms with Crippen LogP contribution in [0, 0.1) is 13.8 Å². The van der Waals surface area contributed by atoms with E-state index in [0.29, 0.717) is 0 Å². The average molecular weight is 375 g/mol. The molecular weight excluding hydrogens is 336 g/mol. The summed E-state index contributed by atoms with van der Waals surface area (Å²) in [4.78, 5) is 16.0. The molecule has 0 bridgehead atoms. The number of aryl methyl sites for hydroxylation is 2. The van der Waals surface area contributed by atoms with Crippen LogP contribution in [0.15, 0.2) is 6.07 Å². The highest BCUT2D eigenvalue weighted by atomic mass is 16.2. The molecule has 1 aromatic heterocycles. The first kappa shape index (κ1) is 20.4. The van der Waals surface area contributed by atoms with Gasteiger partial charge in [0.1, 0.15) is 6.04 Å². The Morgan fingerprint density at radius 2 is 1.81 bits per heavy atom. The van der Waals surface area contributed by atoms with Gasteiger partial charge in [-0.05, 0) is 65.1 Å². The van der Waals surface area contributed by atoms with Crippen LogP contribution < -0.4 is 5.32 Å². The number of nitrogens with zero attached hydrogens (tertiary/aromatic N) is 3. The van der Waals surface area contributed by atoms with E-state index in [2.05, 4.69) is 35.2 Å². The maximum Gasteiger partial charge on any atom is 0.245 e. The molecule has 0 radical (unpaired) electrons. The van der Waals surface area contributed by atoms with Gasteiger partial charge < -0.3 is 10.2 Å². The zero-order valence-corrected chi connectivity index (χ0v) is 17.6. The lowest BCUT2D eigenvalue weighted by Crippen LogP contribution is -2.58. The van der Waals surface area contributed by atoms with Crippen molar-refractivity contribution < 1.29 is 4.79 Å². The SMILES string of the molecule is CCCC(C(=O)NC1(CN2CCCCC2)CCCCC1)n1nc(C)cc1C. The Bertz CT molecular complexity index is 612. The molecule has 5 nitrogen and oxygen atoms in total. The number of likely N-dealkylation sites (tertiary alicyclic amines) is 1. The van der Waals surface area contributed by atoms with Crippen LogP contribution in [0.1, 0.15) is 88.6 Å². The molecule has 1 aromatic rings. The van der Waals surface area contributed by atoms with E-state index in [4.69, 9.17) is 0 Å². The molecule has 0 spiro atoms. The van der Waals surface area contributed by atoms with E-state index in [1.807, 2.05) is 11.6 Å². The number of carbonyl (C=O) groups is 1. The molecule has 1 saturated carbocycles. The predicted molar refractivity (Wildman–Crippen MR) is 110 cm³/mol. The fourth-order valence-electron chi connectivity index (χ4n) is 5.04. The first-order chi connectivity index (χ1) is 13.0. The van der Waals surface area contributed by atoms with Crippen LogP contribution in [-0.4, -0.2) is 45.8 Å². The largest absolute Gasteiger partial charge is 0.348 e. The predicted octanol–water partition coefficient (Wildman–Crippen LogP) is 4.15. The highest BCUT2D eigenvalue weighted by Crippen LogP contribution is 2.31. The van der Waals surface area contributed by atoms with E-state index in [0.717, 1.165) is 43.6 Å². The molecule has 0 aromatic carbocycles. The van der Waals surface area contributed by atoms with Crippen LogP contribution in [-0.2, 0) is 4.79 Å². The van der Waals surface area contributed by atoms with Crippen molar-refractivity contribution in [1.82, 2.24) is 20.0 Å². The number of nitrogens with one attached hydrogen (secondary N) is 1. The minimum absolute atomic E-state index is 0.0469. The topological polar surface area (TPSA) is 50.2 Å². The summed E-state index contributed by atoms with van der Waals surface area (Å²) < 4.78 is 1.95. The lowest BCUT2D eigenvalue weighted by molar-refractivity contribution is -0.127. The molecule has 3 rings (SSSR count). The second-order valence-corrected chi connectivity index (χ2v) is 8.84. The molecule has 1 saturated heterocycles. The molecular formula is C22H38N4O. The molecule has 1 amide bonds. The van der Waals surface area contributed by atoms with Crippen LogP contribution in [0.3, 0.4) is 0 Å². The van der Waals surface area contributed by atoms with Crippen LogP contribution >= 0.6 is 0 Å². The van der Waals surface area contributed by atoms with Gasteiger partial charge in [-0.3, -0.25) is 9.48 Å². The summed E-state index contributed by atoms with van der Waals surface area (Å²) in [7, 11) is 0. The molecule has 152 valence electrons. The van der Waals surface area contributed by atoms with E-state index >= 15 is 0 Å². The number of aromatic nitrogens is 2. The molecule has 1 aliphatic heterocycles. The third kappa shape index (κ3) is 5.13. The van der Waals surface area contributed by atoms with E-state index in [1.165, 1.54) is 51.6 Å².